The van der Waals surface area contributed by atoms with Gasteiger partial charge in [-0.2, -0.15) is 23.1 Å². The first-order chi connectivity index (χ1) is 25.9. The first-order valence-corrected chi connectivity index (χ1v) is 19.0. The van der Waals surface area contributed by atoms with Crippen molar-refractivity contribution in [3.63, 3.8) is 0 Å². The fourth-order valence-electron chi connectivity index (χ4n) is 7.92. The molecule has 0 saturated carbocycles. The molecular weight excluding hydrogens is 718 g/mol. The Morgan fingerprint density at radius 2 is 1.75 bits per heavy atom. The second-order valence-corrected chi connectivity index (χ2v) is 16.2. The number of hydrogen-bond donors (Lipinski definition) is 1. The third-order valence-corrected chi connectivity index (χ3v) is 10.8. The Balaban J connectivity index is 1.33. The maximum atomic E-state index is 14.8. The van der Waals surface area contributed by atoms with E-state index in [2.05, 4.69) is 15.2 Å². The van der Waals surface area contributed by atoms with Gasteiger partial charge in [-0.05, 0) is 96.2 Å². The molecule has 4 heterocycles. The second kappa shape index (κ2) is 16.0. The van der Waals surface area contributed by atoms with Gasteiger partial charge < -0.3 is 29.3 Å². The van der Waals surface area contributed by atoms with Gasteiger partial charge in [0.15, 0.2) is 0 Å². The lowest BCUT2D eigenvalue weighted by Crippen LogP contribution is -2.55. The van der Waals surface area contributed by atoms with E-state index in [-0.39, 0.29) is 54.4 Å². The summed E-state index contributed by atoms with van der Waals surface area (Å²) in [5.41, 5.74) is 1.06. The number of fused-ring (bicyclic) bond motifs is 1. The average Bonchev–Trinajstić information content (AvgIpc) is 3.43. The number of pyridine rings is 1. The van der Waals surface area contributed by atoms with Crippen LogP contribution in [0, 0.1) is 12.8 Å². The fraction of sp³-hybridized carbons (Fsp3) is 0.600. The third kappa shape index (κ3) is 9.36. The molecule has 2 aliphatic heterocycles. The van der Waals surface area contributed by atoms with Gasteiger partial charge in [0, 0.05) is 56.3 Å². The van der Waals surface area contributed by atoms with Gasteiger partial charge >= 0.3 is 18.3 Å². The Labute approximate surface area is 320 Å². The highest BCUT2D eigenvalue weighted by Gasteiger charge is 2.43. The van der Waals surface area contributed by atoms with Crippen molar-refractivity contribution in [1.29, 1.82) is 0 Å². The number of ether oxygens (including phenoxy) is 3. The number of piperazine rings is 1. The molecule has 0 spiro atoms. The molecule has 6 rings (SSSR count). The summed E-state index contributed by atoms with van der Waals surface area (Å²) in [4.78, 5) is 33.1. The number of halogens is 4. The van der Waals surface area contributed by atoms with Crippen molar-refractivity contribution in [3.05, 3.63) is 64.0 Å². The number of anilines is 2. The summed E-state index contributed by atoms with van der Waals surface area (Å²) in [6.07, 6.45) is -5.06. The minimum absolute atomic E-state index is 0.0218. The van der Waals surface area contributed by atoms with Gasteiger partial charge in [0.25, 0.3) is 0 Å². The van der Waals surface area contributed by atoms with Crippen LogP contribution >= 0.6 is 0 Å². The number of aromatic nitrogens is 3. The Hall–Kier alpha value is -4.40. The number of methoxy groups -OCH3 is 1. The Bertz CT molecular complexity index is 1840. The van der Waals surface area contributed by atoms with Crippen LogP contribution in [0.5, 0.6) is 11.8 Å². The lowest BCUT2D eigenvalue weighted by molar-refractivity contribution is -0.139. The van der Waals surface area contributed by atoms with E-state index in [0.717, 1.165) is 11.1 Å². The SMILES string of the molecule is COc1ccc(CNc2cc(C)c(C(F)(F)F)c(C3Cc4nc(OC[C@@H]5C[C@@H](F)CN5C)nc(N5CCN(C(=O)OC(C)(C)C)C[C@@H]5C)c4CC3C)n2)cc1. The minimum atomic E-state index is -4.63. The Morgan fingerprint density at radius 1 is 1.02 bits per heavy atom. The number of nitrogens with zero attached hydrogens (tertiary/aromatic N) is 6. The topological polar surface area (TPSA) is 105 Å². The summed E-state index contributed by atoms with van der Waals surface area (Å²) < 4.78 is 75.8. The standard InChI is InChI=1S/C40H53F4N7O4/c1-23-15-31-32(18-30(23)35-34(40(42,43)44)24(2)16-33(47-35)45-19-26-9-11-29(53-8)12-10-26)46-37(54-22-28-17-27(41)21-49(28)7)48-36(31)51-14-13-50(20-25(51)3)38(52)55-39(4,5)6/h9-12,16,23,25,27-28,30H,13-15,17-22H2,1-8H3,(H,45,47)/t23?,25-,27+,28-,30?/m0/s1. The minimum Gasteiger partial charge on any atom is -0.497 e. The maximum Gasteiger partial charge on any atom is 0.418 e. The molecule has 3 aromatic rings. The van der Waals surface area contributed by atoms with Crippen LogP contribution in [-0.2, 0) is 30.3 Å². The van der Waals surface area contributed by atoms with Crippen molar-refractivity contribution in [2.75, 3.05) is 57.2 Å². The summed E-state index contributed by atoms with van der Waals surface area (Å²) in [6, 6.07) is 8.64. The largest absolute Gasteiger partial charge is 0.497 e. The lowest BCUT2D eigenvalue weighted by Gasteiger charge is -2.42. The first kappa shape index (κ1) is 40.3. The molecule has 55 heavy (non-hydrogen) atoms. The number of nitrogens with one attached hydrogen (secondary N) is 1. The van der Waals surface area contributed by atoms with Gasteiger partial charge in [-0.15, -0.1) is 0 Å². The molecule has 5 atom stereocenters. The van der Waals surface area contributed by atoms with Crippen molar-refractivity contribution < 1.29 is 36.6 Å². The fourth-order valence-corrected chi connectivity index (χ4v) is 7.92. The molecule has 1 N–H and O–H groups in total. The van der Waals surface area contributed by atoms with Crippen molar-refractivity contribution >= 4 is 17.7 Å². The summed E-state index contributed by atoms with van der Waals surface area (Å²) in [6.45, 7) is 13.0. The van der Waals surface area contributed by atoms with E-state index in [1.165, 1.54) is 13.0 Å². The number of amides is 1. The molecule has 15 heteroatoms. The molecule has 2 saturated heterocycles. The molecule has 1 aromatic carbocycles. The highest BCUT2D eigenvalue weighted by atomic mass is 19.4. The molecule has 0 radical (unpaired) electrons. The quantitative estimate of drug-likeness (QED) is 0.225. The van der Waals surface area contributed by atoms with E-state index < -0.39 is 29.4 Å². The van der Waals surface area contributed by atoms with Crippen molar-refractivity contribution in [2.45, 2.75) is 103 Å². The predicted molar refractivity (Wildman–Crippen MR) is 202 cm³/mol. The van der Waals surface area contributed by atoms with Gasteiger partial charge in [0.1, 0.15) is 35.8 Å². The highest BCUT2D eigenvalue weighted by Crippen LogP contribution is 2.45. The number of carbonyl (C=O) groups excluding carboxylic acids is 1. The van der Waals surface area contributed by atoms with E-state index >= 15 is 0 Å². The van der Waals surface area contributed by atoms with E-state index in [1.807, 2.05) is 70.8 Å². The molecule has 1 amide bonds. The van der Waals surface area contributed by atoms with Gasteiger partial charge in [0.2, 0.25) is 0 Å². The van der Waals surface area contributed by atoms with E-state index in [9.17, 15) is 22.4 Å². The van der Waals surface area contributed by atoms with E-state index in [4.69, 9.17) is 24.2 Å². The number of benzene rings is 1. The van der Waals surface area contributed by atoms with Crippen LogP contribution in [0.2, 0.25) is 0 Å². The van der Waals surface area contributed by atoms with E-state index in [0.29, 0.717) is 68.6 Å². The average molecular weight is 772 g/mol. The summed E-state index contributed by atoms with van der Waals surface area (Å²) in [5.74, 6) is 0.831. The third-order valence-electron chi connectivity index (χ3n) is 10.8. The summed E-state index contributed by atoms with van der Waals surface area (Å²) in [7, 11) is 3.43. The molecule has 3 aliphatic rings. The number of likely N-dealkylation sites (tertiary alicyclic amines) is 1. The molecule has 0 bridgehead atoms. The van der Waals surface area contributed by atoms with Crippen LogP contribution in [0.25, 0.3) is 0 Å². The highest BCUT2D eigenvalue weighted by molar-refractivity contribution is 5.69. The Morgan fingerprint density at radius 3 is 2.36 bits per heavy atom. The smallest absolute Gasteiger partial charge is 0.418 e. The van der Waals surface area contributed by atoms with E-state index in [1.54, 1.807) is 12.0 Å². The molecular formula is C40H53F4N7O4. The second-order valence-electron chi connectivity index (χ2n) is 16.2. The Kier molecular flexibility index (Phi) is 11.7. The zero-order chi connectivity index (χ0) is 39.8. The zero-order valence-corrected chi connectivity index (χ0v) is 33.0. The number of carbonyl (C=O) groups is 1. The number of aryl methyl sites for hydroxylation is 1. The molecule has 2 aromatic heterocycles. The molecule has 11 nitrogen and oxygen atoms in total. The molecule has 300 valence electrons. The van der Waals surface area contributed by atoms with Crippen LogP contribution in [0.1, 0.15) is 80.6 Å². The lowest BCUT2D eigenvalue weighted by atomic mass is 9.75. The first-order valence-electron chi connectivity index (χ1n) is 19.0. The predicted octanol–water partition coefficient (Wildman–Crippen LogP) is 7.20. The molecule has 1 aliphatic carbocycles. The number of hydrogen-bond acceptors (Lipinski definition) is 10. The van der Waals surface area contributed by atoms with Crippen molar-refractivity contribution in [3.8, 4) is 11.8 Å². The van der Waals surface area contributed by atoms with Crippen LogP contribution < -0.4 is 19.7 Å². The van der Waals surface area contributed by atoms with Gasteiger partial charge in [0.05, 0.1) is 24.1 Å². The van der Waals surface area contributed by atoms with Crippen LogP contribution in [0.4, 0.5) is 34.0 Å². The normalized spacial score (nSPS) is 23.4. The number of rotatable bonds is 9. The van der Waals surface area contributed by atoms with Crippen LogP contribution in [-0.4, -0.2) is 102 Å². The van der Waals surface area contributed by atoms with Gasteiger partial charge in [-0.25, -0.2) is 14.2 Å². The summed E-state index contributed by atoms with van der Waals surface area (Å²) in [5, 5.41) is 3.23. The van der Waals surface area contributed by atoms with Gasteiger partial charge in [-0.1, -0.05) is 19.1 Å². The van der Waals surface area contributed by atoms with Crippen LogP contribution in [0.15, 0.2) is 30.3 Å². The molecule has 2 unspecified atom stereocenters. The van der Waals surface area contributed by atoms with Gasteiger partial charge in [-0.3, -0.25) is 4.90 Å². The summed E-state index contributed by atoms with van der Waals surface area (Å²) >= 11 is 0. The number of likely N-dealkylation sites (N-methyl/N-ethyl adjacent to an activating group) is 1. The molecule has 2 fully saturated rings. The van der Waals surface area contributed by atoms with Crippen LogP contribution in [0.3, 0.4) is 0 Å². The zero-order valence-electron chi connectivity index (χ0n) is 33.0. The number of alkyl halides is 4. The van der Waals surface area contributed by atoms with Crippen molar-refractivity contribution in [1.82, 2.24) is 24.8 Å². The monoisotopic (exact) mass is 771 g/mol. The maximum absolute atomic E-state index is 14.8. The van der Waals surface area contributed by atoms with Crippen molar-refractivity contribution in [2.24, 2.45) is 5.92 Å².